The van der Waals surface area contributed by atoms with Crippen molar-refractivity contribution < 1.29 is 21.6 Å². The molecule has 174 valence electrons. The van der Waals surface area contributed by atoms with E-state index in [4.69, 9.17) is 0 Å². The summed E-state index contributed by atoms with van der Waals surface area (Å²) in [6.45, 7) is 4.17. The molecule has 1 saturated heterocycles. The Morgan fingerprint density at radius 1 is 0.909 bits per heavy atom. The number of nitrogens with one attached hydrogen (secondary N) is 1. The number of anilines is 2. The number of nitrogens with zero attached hydrogens (tertiary/aromatic N) is 3. The monoisotopic (exact) mass is 476 g/mol. The number of benzene rings is 2. The maximum atomic E-state index is 12.7. The Kier molecular flexibility index (Phi) is 6.29. The molecule has 1 N–H and O–H groups in total. The van der Waals surface area contributed by atoms with Crippen LogP contribution in [0, 0.1) is 5.92 Å². The SMILES string of the molecule is CC1CCN(c2ccc(-c3ccc(NS(=O)(=O)c4ccc(C(F)(F)F)cc4)cc3)nn2)CC1. The zero-order valence-corrected chi connectivity index (χ0v) is 18.7. The Balaban J connectivity index is 1.43. The van der Waals surface area contributed by atoms with Gasteiger partial charge in [-0.1, -0.05) is 19.1 Å². The van der Waals surface area contributed by atoms with Crippen molar-refractivity contribution in [3.63, 3.8) is 0 Å². The normalized spacial score (nSPS) is 15.5. The second-order valence-electron chi connectivity index (χ2n) is 8.15. The summed E-state index contributed by atoms with van der Waals surface area (Å²) in [6.07, 6.45) is -2.26. The molecule has 1 aromatic heterocycles. The molecule has 6 nitrogen and oxygen atoms in total. The summed E-state index contributed by atoms with van der Waals surface area (Å²) in [6, 6.07) is 13.7. The summed E-state index contributed by atoms with van der Waals surface area (Å²) >= 11 is 0. The number of hydrogen-bond donors (Lipinski definition) is 1. The molecule has 2 aromatic carbocycles. The van der Waals surface area contributed by atoms with Crippen LogP contribution in [0.5, 0.6) is 0 Å². The highest BCUT2D eigenvalue weighted by Crippen LogP contribution is 2.30. The number of hydrogen-bond acceptors (Lipinski definition) is 5. The number of aromatic nitrogens is 2. The first-order valence-electron chi connectivity index (χ1n) is 10.5. The van der Waals surface area contributed by atoms with E-state index in [1.54, 1.807) is 24.3 Å². The van der Waals surface area contributed by atoms with Gasteiger partial charge in [0.25, 0.3) is 10.0 Å². The molecule has 0 bridgehead atoms. The van der Waals surface area contributed by atoms with Gasteiger partial charge in [-0.15, -0.1) is 10.2 Å². The van der Waals surface area contributed by atoms with Crippen LogP contribution in [0.15, 0.2) is 65.6 Å². The summed E-state index contributed by atoms with van der Waals surface area (Å²) in [5.74, 6) is 1.57. The maximum Gasteiger partial charge on any atom is 0.416 e. The molecule has 0 atom stereocenters. The highest BCUT2D eigenvalue weighted by Gasteiger charge is 2.30. The van der Waals surface area contributed by atoms with Gasteiger partial charge >= 0.3 is 6.18 Å². The van der Waals surface area contributed by atoms with E-state index in [0.717, 1.165) is 67.5 Å². The van der Waals surface area contributed by atoms with Gasteiger partial charge < -0.3 is 4.90 Å². The van der Waals surface area contributed by atoms with Gasteiger partial charge in [0.2, 0.25) is 0 Å². The summed E-state index contributed by atoms with van der Waals surface area (Å²) in [7, 11) is -4.03. The number of halogens is 3. The van der Waals surface area contributed by atoms with Crippen LogP contribution < -0.4 is 9.62 Å². The minimum Gasteiger partial charge on any atom is -0.355 e. The Bertz CT molecular complexity index is 1190. The first-order valence-corrected chi connectivity index (χ1v) is 12.0. The molecule has 1 aliphatic heterocycles. The van der Waals surface area contributed by atoms with Crippen molar-refractivity contribution in [1.29, 1.82) is 0 Å². The van der Waals surface area contributed by atoms with Gasteiger partial charge in [-0.05, 0) is 67.3 Å². The fraction of sp³-hybridized carbons (Fsp3) is 0.304. The molecule has 0 amide bonds. The van der Waals surface area contributed by atoms with E-state index in [-0.39, 0.29) is 10.6 Å². The molecule has 4 rings (SSSR count). The summed E-state index contributed by atoms with van der Waals surface area (Å²) < 4.78 is 65.5. The topological polar surface area (TPSA) is 75.2 Å². The third-order valence-corrected chi connectivity index (χ3v) is 7.08. The van der Waals surface area contributed by atoms with Crippen molar-refractivity contribution in [2.45, 2.75) is 30.8 Å². The van der Waals surface area contributed by atoms with Crippen molar-refractivity contribution in [3.05, 3.63) is 66.2 Å². The average molecular weight is 477 g/mol. The van der Waals surface area contributed by atoms with Gasteiger partial charge in [-0.3, -0.25) is 4.72 Å². The number of rotatable bonds is 5. The summed E-state index contributed by atoms with van der Waals surface area (Å²) in [5, 5.41) is 8.63. The Labute approximate surface area is 190 Å². The van der Waals surface area contributed by atoms with E-state index in [1.165, 1.54) is 0 Å². The van der Waals surface area contributed by atoms with E-state index in [1.807, 2.05) is 12.1 Å². The molecule has 0 saturated carbocycles. The van der Waals surface area contributed by atoms with Gasteiger partial charge in [-0.2, -0.15) is 13.2 Å². The fourth-order valence-electron chi connectivity index (χ4n) is 3.63. The zero-order valence-electron chi connectivity index (χ0n) is 17.9. The van der Waals surface area contributed by atoms with Crippen molar-refractivity contribution >= 4 is 21.5 Å². The lowest BCUT2D eigenvalue weighted by molar-refractivity contribution is -0.137. The van der Waals surface area contributed by atoms with E-state index in [2.05, 4.69) is 26.7 Å². The van der Waals surface area contributed by atoms with Crippen LogP contribution in [0.1, 0.15) is 25.3 Å². The number of alkyl halides is 3. The van der Waals surface area contributed by atoms with E-state index in [9.17, 15) is 21.6 Å². The maximum absolute atomic E-state index is 12.7. The van der Waals surface area contributed by atoms with Gasteiger partial charge in [-0.25, -0.2) is 8.42 Å². The molecule has 0 aliphatic carbocycles. The van der Waals surface area contributed by atoms with Crippen molar-refractivity contribution in [2.24, 2.45) is 5.92 Å². The molecular formula is C23H23F3N4O2S. The van der Waals surface area contributed by atoms with Gasteiger partial charge in [0, 0.05) is 24.3 Å². The van der Waals surface area contributed by atoms with Crippen LogP contribution in [0.25, 0.3) is 11.3 Å². The van der Waals surface area contributed by atoms with Gasteiger partial charge in [0.1, 0.15) is 0 Å². The smallest absolute Gasteiger partial charge is 0.355 e. The van der Waals surface area contributed by atoms with Gasteiger partial charge in [0.15, 0.2) is 5.82 Å². The molecule has 2 heterocycles. The molecule has 0 spiro atoms. The summed E-state index contributed by atoms with van der Waals surface area (Å²) in [5.41, 5.74) is 0.790. The third kappa shape index (κ3) is 5.44. The predicted octanol–water partition coefficient (Wildman–Crippen LogP) is 5.20. The molecule has 33 heavy (non-hydrogen) atoms. The molecule has 1 fully saturated rings. The van der Waals surface area contributed by atoms with Crippen LogP contribution in [0.4, 0.5) is 24.7 Å². The molecule has 1 aliphatic rings. The van der Waals surface area contributed by atoms with Crippen LogP contribution in [-0.2, 0) is 16.2 Å². The fourth-order valence-corrected chi connectivity index (χ4v) is 4.69. The first-order chi connectivity index (χ1) is 15.6. The second-order valence-corrected chi connectivity index (χ2v) is 9.83. The van der Waals surface area contributed by atoms with Crippen LogP contribution >= 0.6 is 0 Å². The molecule has 3 aromatic rings. The number of piperidine rings is 1. The Morgan fingerprint density at radius 2 is 1.55 bits per heavy atom. The minimum atomic E-state index is -4.53. The lowest BCUT2D eigenvalue weighted by Crippen LogP contribution is -2.33. The molecular weight excluding hydrogens is 453 g/mol. The summed E-state index contributed by atoms with van der Waals surface area (Å²) in [4.78, 5) is 1.96. The zero-order chi connectivity index (χ0) is 23.6. The minimum absolute atomic E-state index is 0.256. The largest absolute Gasteiger partial charge is 0.416 e. The quantitative estimate of drug-likeness (QED) is 0.548. The molecule has 0 unspecified atom stereocenters. The second kappa shape index (κ2) is 9.01. The first kappa shape index (κ1) is 23.0. The Morgan fingerprint density at radius 3 is 2.09 bits per heavy atom. The predicted molar refractivity (Wildman–Crippen MR) is 120 cm³/mol. The van der Waals surface area contributed by atoms with E-state index >= 15 is 0 Å². The van der Waals surface area contributed by atoms with E-state index < -0.39 is 21.8 Å². The average Bonchev–Trinajstić information content (AvgIpc) is 2.80. The van der Waals surface area contributed by atoms with Gasteiger partial charge in [0.05, 0.1) is 16.2 Å². The third-order valence-electron chi connectivity index (χ3n) is 5.68. The lowest BCUT2D eigenvalue weighted by Gasteiger charge is -2.30. The Hall–Kier alpha value is -3.14. The van der Waals surface area contributed by atoms with Crippen LogP contribution in [0.2, 0.25) is 0 Å². The van der Waals surface area contributed by atoms with Crippen molar-refractivity contribution in [3.8, 4) is 11.3 Å². The van der Waals surface area contributed by atoms with Crippen LogP contribution in [0.3, 0.4) is 0 Å². The van der Waals surface area contributed by atoms with Crippen molar-refractivity contribution in [2.75, 3.05) is 22.7 Å². The molecule has 10 heteroatoms. The van der Waals surface area contributed by atoms with Crippen LogP contribution in [-0.4, -0.2) is 31.7 Å². The molecule has 0 radical (unpaired) electrons. The highest BCUT2D eigenvalue weighted by atomic mass is 32.2. The van der Waals surface area contributed by atoms with Crippen molar-refractivity contribution in [1.82, 2.24) is 10.2 Å². The lowest BCUT2D eigenvalue weighted by atomic mass is 9.99. The standard InChI is InChI=1S/C23H23F3N4O2S/c1-16-12-14-30(15-13-16)22-11-10-21(27-28-22)17-2-6-19(7-3-17)29-33(31,32)20-8-4-18(5-9-20)23(24,25)26/h2-11,16,29H,12-15H2,1H3. The van der Waals surface area contributed by atoms with E-state index in [0.29, 0.717) is 5.69 Å². The number of sulfonamides is 1. The highest BCUT2D eigenvalue weighted by molar-refractivity contribution is 7.92.